The third-order valence-electron chi connectivity index (χ3n) is 4.78. The summed E-state index contributed by atoms with van der Waals surface area (Å²) in [5, 5.41) is 3.76. The van der Waals surface area contributed by atoms with Crippen molar-refractivity contribution in [3.8, 4) is 5.75 Å². The molecule has 4 rings (SSSR count). The monoisotopic (exact) mass is 416 g/mol. The first-order chi connectivity index (χ1) is 15.1. The number of amides is 1. The molecule has 2 heterocycles. The molecule has 2 aromatic heterocycles. The minimum atomic E-state index is -0.0706. The lowest BCUT2D eigenvalue weighted by Crippen LogP contribution is -2.32. The fraction of sp³-hybridized carbons (Fsp3) is 0.174. The Bertz CT molecular complexity index is 1190. The van der Waals surface area contributed by atoms with Crippen molar-refractivity contribution >= 4 is 34.1 Å². The highest BCUT2D eigenvalue weighted by Crippen LogP contribution is 2.29. The topological polar surface area (TPSA) is 109 Å². The first-order valence-corrected chi connectivity index (χ1v) is 9.97. The Morgan fingerprint density at radius 2 is 2.03 bits per heavy atom. The molecule has 0 spiro atoms. The number of ether oxygens (including phenoxy) is 1. The van der Waals surface area contributed by atoms with Crippen molar-refractivity contribution in [2.24, 2.45) is 0 Å². The second-order valence-corrected chi connectivity index (χ2v) is 7.10. The average Bonchev–Trinajstić information content (AvgIpc) is 3.25. The molecule has 0 bridgehead atoms. The van der Waals surface area contributed by atoms with E-state index in [1.807, 2.05) is 48.7 Å². The Labute approximate surface area is 180 Å². The maximum atomic E-state index is 11.4. The van der Waals surface area contributed by atoms with Crippen molar-refractivity contribution < 1.29 is 9.53 Å². The number of nitrogens with one attached hydrogen (secondary N) is 2. The summed E-state index contributed by atoms with van der Waals surface area (Å²) in [6.07, 6.45) is 3.37. The highest BCUT2D eigenvalue weighted by Gasteiger charge is 2.16. The van der Waals surface area contributed by atoms with Gasteiger partial charge in [0.15, 0.2) is 0 Å². The zero-order valence-electron chi connectivity index (χ0n) is 17.2. The maximum absolute atomic E-state index is 11.4. The van der Waals surface area contributed by atoms with Gasteiger partial charge in [-0.25, -0.2) is 9.97 Å². The van der Waals surface area contributed by atoms with E-state index in [-0.39, 0.29) is 5.91 Å². The number of hydrogen-bond donors (Lipinski definition) is 3. The molecule has 0 aliphatic carbocycles. The Kier molecular flexibility index (Phi) is 5.98. The van der Waals surface area contributed by atoms with Crippen molar-refractivity contribution in [1.29, 1.82) is 0 Å². The number of anilines is 3. The molecule has 0 saturated heterocycles. The number of carbonyl (C=O) groups is 1. The quantitative estimate of drug-likeness (QED) is 0.380. The van der Waals surface area contributed by atoms with Crippen molar-refractivity contribution in [3.63, 3.8) is 0 Å². The Hall–Kier alpha value is -4.07. The molecule has 4 N–H and O–H groups in total. The molecular formula is C23H24N6O2. The molecule has 0 unspecified atom stereocenters. The van der Waals surface area contributed by atoms with Crippen LogP contribution in [0.15, 0.2) is 67.1 Å². The van der Waals surface area contributed by atoms with Crippen LogP contribution in [0.2, 0.25) is 0 Å². The molecule has 8 heteroatoms. The third-order valence-corrected chi connectivity index (χ3v) is 4.78. The Morgan fingerprint density at radius 1 is 1.16 bits per heavy atom. The average molecular weight is 416 g/mol. The number of fused-ring (bicyclic) bond motifs is 1. The summed E-state index contributed by atoms with van der Waals surface area (Å²) in [5.74, 6) is 1.42. The largest absolute Gasteiger partial charge is 0.489 e. The SMILES string of the molecule is CC(=O)NCCN(c1cccc(COc2cccc(N)c2)c1)c1ncnc2[nH]ccc12. The van der Waals surface area contributed by atoms with Crippen LogP contribution in [0.4, 0.5) is 17.2 Å². The first kappa shape index (κ1) is 20.2. The zero-order valence-corrected chi connectivity index (χ0v) is 17.2. The number of rotatable bonds is 8. The van der Waals surface area contributed by atoms with E-state index < -0.39 is 0 Å². The number of aromatic amines is 1. The molecule has 4 aromatic rings. The minimum Gasteiger partial charge on any atom is -0.489 e. The van der Waals surface area contributed by atoms with Gasteiger partial charge in [0.25, 0.3) is 0 Å². The molecule has 31 heavy (non-hydrogen) atoms. The summed E-state index contributed by atoms with van der Waals surface area (Å²) in [6, 6.07) is 17.4. The van der Waals surface area contributed by atoms with Crippen LogP contribution in [0.5, 0.6) is 5.75 Å². The molecule has 0 aliphatic rings. The van der Waals surface area contributed by atoms with Gasteiger partial charge in [0, 0.05) is 43.7 Å². The Balaban J connectivity index is 1.61. The van der Waals surface area contributed by atoms with Crippen LogP contribution < -0.4 is 20.7 Å². The maximum Gasteiger partial charge on any atom is 0.216 e. The summed E-state index contributed by atoms with van der Waals surface area (Å²) in [5.41, 5.74) is 9.20. The van der Waals surface area contributed by atoms with Crippen LogP contribution in [0.1, 0.15) is 12.5 Å². The van der Waals surface area contributed by atoms with Crippen molar-refractivity contribution in [2.45, 2.75) is 13.5 Å². The highest BCUT2D eigenvalue weighted by atomic mass is 16.5. The van der Waals surface area contributed by atoms with E-state index >= 15 is 0 Å². The van der Waals surface area contributed by atoms with Gasteiger partial charge in [-0.2, -0.15) is 0 Å². The van der Waals surface area contributed by atoms with E-state index in [4.69, 9.17) is 10.5 Å². The number of carbonyl (C=O) groups excluding carboxylic acids is 1. The van der Waals surface area contributed by atoms with E-state index in [1.165, 1.54) is 13.3 Å². The predicted octanol–water partition coefficient (Wildman–Crippen LogP) is 3.39. The predicted molar refractivity (Wildman–Crippen MR) is 121 cm³/mol. The number of nitrogens with two attached hydrogens (primary N) is 1. The summed E-state index contributed by atoms with van der Waals surface area (Å²) in [6.45, 7) is 2.94. The van der Waals surface area contributed by atoms with Crippen LogP contribution in [-0.4, -0.2) is 33.9 Å². The van der Waals surface area contributed by atoms with E-state index in [1.54, 1.807) is 6.07 Å². The number of nitrogen functional groups attached to an aromatic ring is 1. The second-order valence-electron chi connectivity index (χ2n) is 7.10. The second kappa shape index (κ2) is 9.17. The van der Waals surface area contributed by atoms with Crippen molar-refractivity contribution in [3.05, 3.63) is 72.7 Å². The molecule has 1 amide bonds. The number of H-pyrrole nitrogens is 1. The van der Waals surface area contributed by atoms with Gasteiger partial charge in [-0.15, -0.1) is 0 Å². The summed E-state index contributed by atoms with van der Waals surface area (Å²) in [4.78, 5) is 25.4. The van der Waals surface area contributed by atoms with Gasteiger partial charge in [0.2, 0.25) is 5.91 Å². The van der Waals surface area contributed by atoms with E-state index in [9.17, 15) is 4.79 Å². The zero-order chi connectivity index (χ0) is 21.6. The minimum absolute atomic E-state index is 0.0706. The fourth-order valence-electron chi connectivity index (χ4n) is 3.36. The van der Waals surface area contributed by atoms with Gasteiger partial charge in [-0.05, 0) is 35.9 Å². The molecule has 0 saturated carbocycles. The van der Waals surface area contributed by atoms with Gasteiger partial charge in [-0.3, -0.25) is 4.79 Å². The summed E-state index contributed by atoms with van der Waals surface area (Å²) < 4.78 is 5.90. The molecule has 0 atom stereocenters. The van der Waals surface area contributed by atoms with Gasteiger partial charge in [-0.1, -0.05) is 18.2 Å². The van der Waals surface area contributed by atoms with E-state index in [2.05, 4.69) is 31.2 Å². The molecule has 0 radical (unpaired) electrons. The van der Waals surface area contributed by atoms with Crippen molar-refractivity contribution in [2.75, 3.05) is 23.7 Å². The number of benzene rings is 2. The van der Waals surface area contributed by atoms with Gasteiger partial charge in [0.1, 0.15) is 30.1 Å². The van der Waals surface area contributed by atoms with E-state index in [0.717, 1.165) is 33.9 Å². The van der Waals surface area contributed by atoms with Crippen LogP contribution in [0, 0.1) is 0 Å². The summed E-state index contributed by atoms with van der Waals surface area (Å²) >= 11 is 0. The lowest BCUT2D eigenvalue weighted by Gasteiger charge is -2.25. The Morgan fingerprint density at radius 3 is 2.87 bits per heavy atom. The summed E-state index contributed by atoms with van der Waals surface area (Å²) in [7, 11) is 0. The van der Waals surface area contributed by atoms with Crippen LogP contribution in [0.25, 0.3) is 11.0 Å². The lowest BCUT2D eigenvalue weighted by molar-refractivity contribution is -0.118. The smallest absolute Gasteiger partial charge is 0.216 e. The van der Waals surface area contributed by atoms with Crippen LogP contribution in [0.3, 0.4) is 0 Å². The fourth-order valence-corrected chi connectivity index (χ4v) is 3.36. The number of hydrogen-bond acceptors (Lipinski definition) is 6. The highest BCUT2D eigenvalue weighted by molar-refractivity contribution is 5.89. The van der Waals surface area contributed by atoms with Gasteiger partial charge in [0.05, 0.1) is 5.39 Å². The van der Waals surface area contributed by atoms with Crippen molar-refractivity contribution in [1.82, 2.24) is 20.3 Å². The normalized spacial score (nSPS) is 10.7. The molecule has 0 fully saturated rings. The first-order valence-electron chi connectivity index (χ1n) is 9.97. The van der Waals surface area contributed by atoms with Crippen LogP contribution in [-0.2, 0) is 11.4 Å². The number of nitrogens with zero attached hydrogens (tertiary/aromatic N) is 3. The van der Waals surface area contributed by atoms with Gasteiger partial charge < -0.3 is 25.7 Å². The molecule has 158 valence electrons. The van der Waals surface area contributed by atoms with Crippen LogP contribution >= 0.6 is 0 Å². The molecule has 2 aromatic carbocycles. The third kappa shape index (κ3) is 4.92. The molecular weight excluding hydrogens is 392 g/mol. The van der Waals surface area contributed by atoms with Gasteiger partial charge >= 0.3 is 0 Å². The standard InChI is InChI=1S/C23H24N6O2/c1-16(30)25-10-11-29(23-21-8-9-26-22(21)27-15-28-23)19-6-2-4-17(12-19)14-31-20-7-3-5-18(24)13-20/h2-9,12-13,15H,10-11,14,24H2,1H3,(H,25,30)(H,26,27,28). The molecule has 0 aliphatic heterocycles. The van der Waals surface area contributed by atoms with E-state index in [0.29, 0.717) is 25.4 Å². The number of aromatic nitrogens is 3. The molecule has 8 nitrogen and oxygen atoms in total. The lowest BCUT2D eigenvalue weighted by atomic mass is 10.2.